The molecule has 0 radical (unpaired) electrons. The maximum atomic E-state index is 12.0. The number of amides is 2. The van der Waals surface area contributed by atoms with E-state index in [9.17, 15) is 9.59 Å². The lowest BCUT2D eigenvalue weighted by atomic mass is 10.1. The summed E-state index contributed by atoms with van der Waals surface area (Å²) in [5.74, 6) is -0.356. The van der Waals surface area contributed by atoms with Crippen LogP contribution in [0, 0.1) is 6.92 Å². The van der Waals surface area contributed by atoms with E-state index in [1.165, 1.54) is 0 Å². The normalized spacial score (nSPS) is 10.1. The molecule has 0 fully saturated rings. The van der Waals surface area contributed by atoms with Crippen molar-refractivity contribution in [2.45, 2.75) is 20.8 Å². The number of nitrogens with two attached hydrogens (primary N) is 1. The number of nitrogens with one attached hydrogen (secondary N) is 1. The molecule has 19 heavy (non-hydrogen) atoms. The molecule has 1 rings (SSSR count). The molecule has 1 aromatic carbocycles. The Morgan fingerprint density at radius 2 is 1.89 bits per heavy atom. The van der Waals surface area contributed by atoms with Crippen LogP contribution in [0.15, 0.2) is 18.2 Å². The minimum Gasteiger partial charge on any atom is -0.398 e. The number of benzene rings is 1. The van der Waals surface area contributed by atoms with E-state index in [1.807, 2.05) is 13.8 Å². The van der Waals surface area contributed by atoms with Crippen LogP contribution in [0.2, 0.25) is 0 Å². The van der Waals surface area contributed by atoms with Crippen LogP contribution >= 0.6 is 0 Å². The Morgan fingerprint density at radius 3 is 2.47 bits per heavy atom. The number of nitrogens with zero attached hydrogens (tertiary/aromatic N) is 1. The maximum absolute atomic E-state index is 12.0. The first kappa shape index (κ1) is 15.0. The van der Waals surface area contributed by atoms with Crippen molar-refractivity contribution in [3.8, 4) is 0 Å². The number of carbonyl (C=O) groups is 2. The lowest BCUT2D eigenvalue weighted by Crippen LogP contribution is -2.40. The Morgan fingerprint density at radius 1 is 1.26 bits per heavy atom. The van der Waals surface area contributed by atoms with Gasteiger partial charge in [-0.2, -0.15) is 0 Å². The van der Waals surface area contributed by atoms with Gasteiger partial charge in [0, 0.05) is 24.3 Å². The standard InChI is InChI=1S/C14H21N3O2/c1-4-17(5-2)13(18)9-16-14(19)11-7-6-8-12(15)10(11)3/h6-8H,4-5,9,15H2,1-3H3,(H,16,19). The van der Waals surface area contributed by atoms with Crippen LogP contribution in [0.1, 0.15) is 29.8 Å². The maximum Gasteiger partial charge on any atom is 0.252 e. The van der Waals surface area contributed by atoms with Gasteiger partial charge in [0.15, 0.2) is 0 Å². The second-order valence-electron chi connectivity index (χ2n) is 4.27. The molecule has 0 aliphatic heterocycles. The van der Waals surface area contributed by atoms with Gasteiger partial charge in [-0.15, -0.1) is 0 Å². The molecule has 3 N–H and O–H groups in total. The predicted molar refractivity (Wildman–Crippen MR) is 75.9 cm³/mol. The van der Waals surface area contributed by atoms with Gasteiger partial charge in [-0.1, -0.05) is 6.07 Å². The summed E-state index contributed by atoms with van der Waals surface area (Å²) in [6.45, 7) is 6.90. The van der Waals surface area contributed by atoms with E-state index >= 15 is 0 Å². The molecule has 0 saturated carbocycles. The van der Waals surface area contributed by atoms with Crippen LogP contribution < -0.4 is 11.1 Å². The zero-order valence-corrected chi connectivity index (χ0v) is 11.7. The Balaban J connectivity index is 2.66. The van der Waals surface area contributed by atoms with Crippen LogP contribution in [0.5, 0.6) is 0 Å². The average molecular weight is 263 g/mol. The molecular formula is C14H21N3O2. The van der Waals surface area contributed by atoms with E-state index in [4.69, 9.17) is 5.73 Å². The molecule has 0 unspecified atom stereocenters. The van der Waals surface area contributed by atoms with Gasteiger partial charge in [-0.25, -0.2) is 0 Å². The number of nitrogen functional groups attached to an aromatic ring is 1. The third-order valence-corrected chi connectivity index (χ3v) is 3.14. The number of anilines is 1. The van der Waals surface area contributed by atoms with E-state index in [1.54, 1.807) is 30.0 Å². The Kier molecular flexibility index (Phi) is 5.36. The molecule has 1 aromatic rings. The fourth-order valence-electron chi connectivity index (χ4n) is 1.84. The lowest BCUT2D eigenvalue weighted by molar-refractivity contribution is -0.129. The summed E-state index contributed by atoms with van der Waals surface area (Å²) < 4.78 is 0. The predicted octanol–water partition coefficient (Wildman–Crippen LogP) is 1.18. The topological polar surface area (TPSA) is 75.4 Å². The van der Waals surface area contributed by atoms with Crippen molar-refractivity contribution in [3.63, 3.8) is 0 Å². The molecule has 0 heterocycles. The van der Waals surface area contributed by atoms with Crippen molar-refractivity contribution in [3.05, 3.63) is 29.3 Å². The average Bonchev–Trinajstić information content (AvgIpc) is 2.40. The molecule has 0 aliphatic rings. The van der Waals surface area contributed by atoms with Crippen molar-refractivity contribution in [2.75, 3.05) is 25.4 Å². The highest BCUT2D eigenvalue weighted by atomic mass is 16.2. The molecule has 0 bridgehead atoms. The van der Waals surface area contributed by atoms with Crippen molar-refractivity contribution in [2.24, 2.45) is 0 Å². The Hall–Kier alpha value is -2.04. The summed E-state index contributed by atoms with van der Waals surface area (Å²) in [6.07, 6.45) is 0. The molecule has 0 spiro atoms. The third kappa shape index (κ3) is 3.71. The second-order valence-corrected chi connectivity index (χ2v) is 4.27. The van der Waals surface area contributed by atoms with Gasteiger partial charge in [-0.05, 0) is 38.5 Å². The molecule has 0 aliphatic carbocycles. The molecule has 5 heteroatoms. The van der Waals surface area contributed by atoms with Gasteiger partial charge < -0.3 is 16.0 Å². The highest BCUT2D eigenvalue weighted by Gasteiger charge is 2.14. The molecule has 104 valence electrons. The van der Waals surface area contributed by atoms with Crippen molar-refractivity contribution < 1.29 is 9.59 Å². The SMILES string of the molecule is CCN(CC)C(=O)CNC(=O)c1cccc(N)c1C. The first-order chi connectivity index (χ1) is 9.01. The molecule has 5 nitrogen and oxygen atoms in total. The minimum absolute atomic E-state index is 0.00868. The van der Waals surface area contributed by atoms with Gasteiger partial charge >= 0.3 is 0 Å². The number of carbonyl (C=O) groups excluding carboxylic acids is 2. The number of rotatable bonds is 5. The molecule has 0 saturated heterocycles. The lowest BCUT2D eigenvalue weighted by Gasteiger charge is -2.19. The Labute approximate surface area is 113 Å². The zero-order valence-electron chi connectivity index (χ0n) is 11.7. The number of likely N-dealkylation sites (N-methyl/N-ethyl adjacent to an activating group) is 1. The van der Waals surface area contributed by atoms with Gasteiger partial charge in [-0.3, -0.25) is 9.59 Å². The van der Waals surface area contributed by atoms with Crippen LogP contribution in [0.3, 0.4) is 0 Å². The van der Waals surface area contributed by atoms with Gasteiger partial charge in [0.2, 0.25) is 5.91 Å². The second kappa shape index (κ2) is 6.78. The van der Waals surface area contributed by atoms with Crippen molar-refractivity contribution in [1.82, 2.24) is 10.2 Å². The summed E-state index contributed by atoms with van der Waals surface area (Å²) in [5, 5.41) is 2.63. The molecular weight excluding hydrogens is 242 g/mol. The highest BCUT2D eigenvalue weighted by molar-refractivity contribution is 5.98. The van der Waals surface area contributed by atoms with E-state index in [0.717, 1.165) is 5.56 Å². The van der Waals surface area contributed by atoms with Crippen LogP contribution in [0.25, 0.3) is 0 Å². The van der Waals surface area contributed by atoms with Crippen molar-refractivity contribution in [1.29, 1.82) is 0 Å². The van der Waals surface area contributed by atoms with Gasteiger partial charge in [0.1, 0.15) is 0 Å². The molecule has 0 aromatic heterocycles. The summed E-state index contributed by atoms with van der Waals surface area (Å²) >= 11 is 0. The van der Waals surface area contributed by atoms with Crippen LogP contribution in [-0.4, -0.2) is 36.3 Å². The van der Waals surface area contributed by atoms with E-state index < -0.39 is 0 Å². The first-order valence-corrected chi connectivity index (χ1v) is 6.42. The minimum atomic E-state index is -0.273. The summed E-state index contributed by atoms with van der Waals surface area (Å²) in [7, 11) is 0. The van der Waals surface area contributed by atoms with Crippen molar-refractivity contribution >= 4 is 17.5 Å². The van der Waals surface area contributed by atoms with E-state index in [2.05, 4.69) is 5.32 Å². The van der Waals surface area contributed by atoms with Gasteiger partial charge in [0.25, 0.3) is 5.91 Å². The smallest absolute Gasteiger partial charge is 0.252 e. The van der Waals surface area contributed by atoms with Crippen LogP contribution in [-0.2, 0) is 4.79 Å². The summed E-state index contributed by atoms with van der Waals surface area (Å²) in [6, 6.07) is 5.17. The first-order valence-electron chi connectivity index (χ1n) is 6.42. The fraction of sp³-hybridized carbons (Fsp3) is 0.429. The quantitative estimate of drug-likeness (QED) is 0.783. The van der Waals surface area contributed by atoms with Crippen LogP contribution in [0.4, 0.5) is 5.69 Å². The largest absolute Gasteiger partial charge is 0.398 e. The summed E-state index contributed by atoms with van der Waals surface area (Å²) in [4.78, 5) is 25.4. The number of hydrogen-bond donors (Lipinski definition) is 2. The van der Waals surface area contributed by atoms with Gasteiger partial charge in [0.05, 0.1) is 6.54 Å². The highest BCUT2D eigenvalue weighted by Crippen LogP contribution is 2.15. The Bertz CT molecular complexity index is 468. The van der Waals surface area contributed by atoms with E-state index in [-0.39, 0.29) is 18.4 Å². The molecule has 2 amide bonds. The fourth-order valence-corrected chi connectivity index (χ4v) is 1.84. The summed E-state index contributed by atoms with van der Waals surface area (Å²) in [5.41, 5.74) is 7.56. The monoisotopic (exact) mass is 263 g/mol. The number of hydrogen-bond acceptors (Lipinski definition) is 3. The molecule has 0 atom stereocenters. The zero-order chi connectivity index (χ0) is 14.4. The van der Waals surface area contributed by atoms with E-state index in [0.29, 0.717) is 24.3 Å². The third-order valence-electron chi connectivity index (χ3n) is 3.14.